The van der Waals surface area contributed by atoms with Crippen LogP contribution < -0.4 is 15.8 Å². The molecule has 1 atom stereocenters. The lowest BCUT2D eigenvalue weighted by molar-refractivity contribution is 0.227. The maximum absolute atomic E-state index is 14.2. The van der Waals surface area contributed by atoms with Gasteiger partial charge in [-0.3, -0.25) is 5.41 Å². The largest absolute Gasteiger partial charge is 0.482 e. The van der Waals surface area contributed by atoms with Gasteiger partial charge in [-0.25, -0.2) is 9.37 Å². The maximum Gasteiger partial charge on any atom is 0.166 e. The summed E-state index contributed by atoms with van der Waals surface area (Å²) in [4.78, 5) is 4.37. The van der Waals surface area contributed by atoms with E-state index in [0.717, 1.165) is 29.7 Å². The molecule has 1 saturated carbocycles. The van der Waals surface area contributed by atoms with E-state index >= 15 is 0 Å². The fourth-order valence-electron chi connectivity index (χ4n) is 4.50. The predicted octanol–water partition coefficient (Wildman–Crippen LogP) is 4.89. The number of rotatable bonds is 2. The lowest BCUT2D eigenvalue weighted by Crippen LogP contribution is -2.17. The summed E-state index contributed by atoms with van der Waals surface area (Å²) in [5.74, 6) is 1.24. The Morgan fingerprint density at radius 1 is 1.27 bits per heavy atom. The fraction of sp³-hybridized carbons (Fsp3) is 0.320. The van der Waals surface area contributed by atoms with E-state index in [1.165, 1.54) is 18.6 Å². The molecule has 2 bridgehead atoms. The summed E-state index contributed by atoms with van der Waals surface area (Å²) in [6.07, 6.45) is 6.57. The van der Waals surface area contributed by atoms with E-state index in [-0.39, 0.29) is 11.5 Å². The quantitative estimate of drug-likeness (QED) is 0.516. The molecule has 0 amide bonds. The molecule has 0 saturated heterocycles. The van der Waals surface area contributed by atoms with Crippen LogP contribution in [-0.4, -0.2) is 22.9 Å². The van der Waals surface area contributed by atoms with Crippen molar-refractivity contribution in [3.63, 3.8) is 0 Å². The van der Waals surface area contributed by atoms with Crippen molar-refractivity contribution < 1.29 is 13.7 Å². The molecule has 2 aromatic heterocycles. The zero-order chi connectivity index (χ0) is 23.1. The Morgan fingerprint density at radius 2 is 2.09 bits per heavy atom. The number of fused-ring (bicyclic) bond motifs is 5. The van der Waals surface area contributed by atoms with E-state index in [1.54, 1.807) is 25.5 Å². The standard InChI is InChI=1S/C25H26FN5O2/c1-13-19-10-17(26)6-7-18(19)23(27)16(11-29-2)9-20-22(24(31-33-20)14-4-3-5-14)15-8-21(32-13)25(28)30-12-15/h6-8,10-14,27,29H,3-5,9H2,1-2H3,(H2,28,30)/b16-11-,27-23?/t13-/m1/s1. The molecule has 1 aliphatic carbocycles. The van der Waals surface area contributed by atoms with Crippen LogP contribution >= 0.6 is 0 Å². The molecule has 170 valence electrons. The van der Waals surface area contributed by atoms with E-state index < -0.39 is 11.9 Å². The van der Waals surface area contributed by atoms with Crippen LogP contribution in [0.1, 0.15) is 60.8 Å². The molecule has 33 heavy (non-hydrogen) atoms. The van der Waals surface area contributed by atoms with Gasteiger partial charge in [-0.15, -0.1) is 0 Å². The minimum Gasteiger partial charge on any atom is -0.482 e. The summed E-state index contributed by atoms with van der Waals surface area (Å²) >= 11 is 0. The first-order valence-electron chi connectivity index (χ1n) is 11.1. The van der Waals surface area contributed by atoms with Crippen molar-refractivity contribution in [3.05, 3.63) is 70.6 Å². The van der Waals surface area contributed by atoms with E-state index in [9.17, 15) is 4.39 Å². The van der Waals surface area contributed by atoms with Crippen LogP contribution in [0, 0.1) is 11.2 Å². The van der Waals surface area contributed by atoms with Crippen molar-refractivity contribution in [2.45, 2.75) is 44.6 Å². The summed E-state index contributed by atoms with van der Waals surface area (Å²) < 4.78 is 26.2. The van der Waals surface area contributed by atoms with Crippen LogP contribution in [0.15, 0.2) is 46.8 Å². The van der Waals surface area contributed by atoms with Gasteiger partial charge in [0.05, 0.1) is 17.0 Å². The number of nitrogens with zero attached hydrogens (tertiary/aromatic N) is 2. The molecular formula is C25H26FN5O2. The number of hydrogen-bond donors (Lipinski definition) is 3. The minimum absolute atomic E-state index is 0.245. The lowest BCUT2D eigenvalue weighted by atomic mass is 9.80. The average Bonchev–Trinajstić information content (AvgIpc) is 3.15. The molecule has 0 unspecified atom stereocenters. The second kappa shape index (κ2) is 8.35. The summed E-state index contributed by atoms with van der Waals surface area (Å²) in [5.41, 5.74) is 10.8. The number of benzene rings is 1. The number of ether oxygens (including phenoxy) is 1. The highest BCUT2D eigenvalue weighted by Crippen LogP contribution is 2.44. The van der Waals surface area contributed by atoms with Gasteiger partial charge in [0, 0.05) is 54.0 Å². The Kier molecular flexibility index (Phi) is 5.36. The number of pyridine rings is 1. The average molecular weight is 448 g/mol. The number of allylic oxidation sites excluding steroid dienone is 1. The molecule has 2 aliphatic rings. The number of hydrogen-bond acceptors (Lipinski definition) is 7. The van der Waals surface area contributed by atoms with E-state index in [2.05, 4.69) is 15.5 Å². The lowest BCUT2D eigenvalue weighted by Gasteiger charge is -2.25. The Bertz CT molecular complexity index is 1260. The second-order valence-electron chi connectivity index (χ2n) is 8.60. The highest BCUT2D eigenvalue weighted by molar-refractivity contribution is 6.11. The third-order valence-corrected chi connectivity index (χ3v) is 6.47. The van der Waals surface area contributed by atoms with Gasteiger partial charge >= 0.3 is 0 Å². The van der Waals surface area contributed by atoms with Gasteiger partial charge in [0.1, 0.15) is 17.7 Å². The first-order chi connectivity index (χ1) is 16.0. The van der Waals surface area contributed by atoms with Crippen molar-refractivity contribution in [3.8, 4) is 16.9 Å². The monoisotopic (exact) mass is 447 g/mol. The second-order valence-corrected chi connectivity index (χ2v) is 8.60. The van der Waals surface area contributed by atoms with Crippen LogP contribution in [-0.2, 0) is 6.42 Å². The molecule has 4 N–H and O–H groups in total. The van der Waals surface area contributed by atoms with Crippen LogP contribution in [0.4, 0.5) is 10.2 Å². The zero-order valence-corrected chi connectivity index (χ0v) is 18.6. The SMILES string of the molecule is CN/C=C1/Cc2onc(C3CCC3)c2-c2cnc(N)c(c2)O[C@H](C)c2cc(F)ccc2C1=N. The third-order valence-electron chi connectivity index (χ3n) is 6.47. The van der Waals surface area contributed by atoms with Crippen molar-refractivity contribution in [1.82, 2.24) is 15.5 Å². The summed E-state index contributed by atoms with van der Waals surface area (Å²) in [7, 11) is 1.78. The number of nitrogens with one attached hydrogen (secondary N) is 2. The van der Waals surface area contributed by atoms with E-state index in [0.29, 0.717) is 40.5 Å². The number of nitrogen functional groups attached to an aromatic ring is 1. The Morgan fingerprint density at radius 3 is 2.82 bits per heavy atom. The summed E-state index contributed by atoms with van der Waals surface area (Å²) in [6, 6.07) is 6.22. The van der Waals surface area contributed by atoms with Gasteiger partial charge in [0.15, 0.2) is 11.6 Å². The van der Waals surface area contributed by atoms with Gasteiger partial charge < -0.3 is 20.3 Å². The first-order valence-corrected chi connectivity index (χ1v) is 11.1. The summed E-state index contributed by atoms with van der Waals surface area (Å²) in [5, 5.41) is 16.4. The van der Waals surface area contributed by atoms with Gasteiger partial charge in [0.2, 0.25) is 0 Å². The third kappa shape index (κ3) is 3.75. The molecule has 3 aromatic rings. The molecule has 7 nitrogen and oxygen atoms in total. The Hall–Kier alpha value is -3.68. The van der Waals surface area contributed by atoms with Crippen LogP contribution in [0.2, 0.25) is 0 Å². The van der Waals surface area contributed by atoms with Gasteiger partial charge in [0.25, 0.3) is 0 Å². The van der Waals surface area contributed by atoms with Crippen molar-refractivity contribution in [2.75, 3.05) is 12.8 Å². The zero-order valence-electron chi connectivity index (χ0n) is 18.6. The van der Waals surface area contributed by atoms with Gasteiger partial charge in [-0.1, -0.05) is 11.6 Å². The molecular weight excluding hydrogens is 421 g/mol. The first kappa shape index (κ1) is 21.2. The number of nitrogens with two attached hydrogens (primary N) is 1. The topological polar surface area (TPSA) is 110 Å². The van der Waals surface area contributed by atoms with Crippen LogP contribution in [0.25, 0.3) is 11.1 Å². The van der Waals surface area contributed by atoms with Crippen LogP contribution in [0.3, 0.4) is 0 Å². The Labute approximate surface area is 191 Å². The minimum atomic E-state index is -0.557. The van der Waals surface area contributed by atoms with Gasteiger partial charge in [-0.2, -0.15) is 0 Å². The summed E-state index contributed by atoms with van der Waals surface area (Å²) in [6.45, 7) is 1.81. The molecule has 1 aliphatic heterocycles. The number of halogens is 1. The highest BCUT2D eigenvalue weighted by Gasteiger charge is 2.31. The molecule has 0 spiro atoms. The molecule has 0 radical (unpaired) electrons. The number of anilines is 1. The van der Waals surface area contributed by atoms with Gasteiger partial charge in [-0.05, 0) is 44.0 Å². The van der Waals surface area contributed by atoms with Crippen molar-refractivity contribution in [1.29, 1.82) is 5.41 Å². The normalized spacial score (nSPS) is 19.5. The molecule has 5 rings (SSSR count). The smallest absolute Gasteiger partial charge is 0.166 e. The fourth-order valence-corrected chi connectivity index (χ4v) is 4.50. The van der Waals surface area contributed by atoms with E-state index in [1.807, 2.05) is 13.0 Å². The van der Waals surface area contributed by atoms with Crippen molar-refractivity contribution in [2.24, 2.45) is 0 Å². The number of aromatic nitrogens is 2. The molecule has 8 heteroatoms. The molecule has 3 heterocycles. The van der Waals surface area contributed by atoms with Crippen LogP contribution in [0.5, 0.6) is 5.75 Å². The predicted molar refractivity (Wildman–Crippen MR) is 124 cm³/mol. The molecule has 1 aromatic carbocycles. The van der Waals surface area contributed by atoms with Crippen molar-refractivity contribution >= 4 is 11.5 Å². The molecule has 1 fully saturated rings. The maximum atomic E-state index is 14.2. The highest BCUT2D eigenvalue weighted by atomic mass is 19.1. The van der Waals surface area contributed by atoms with E-state index in [4.69, 9.17) is 20.4 Å². The Balaban J connectivity index is 1.74.